The fourth-order valence-electron chi connectivity index (χ4n) is 2.54. The maximum Gasteiger partial charge on any atom is 0.310 e. The van der Waals surface area contributed by atoms with Crippen molar-refractivity contribution < 1.29 is 13.9 Å². The Bertz CT molecular complexity index is 615. The summed E-state index contributed by atoms with van der Waals surface area (Å²) in [5, 5.41) is 7.90. The average Bonchev–Trinajstić information content (AvgIpc) is 3.36. The molecule has 20 heavy (non-hydrogen) atoms. The first-order chi connectivity index (χ1) is 9.83. The van der Waals surface area contributed by atoms with E-state index in [1.807, 2.05) is 16.7 Å². The Morgan fingerprint density at radius 3 is 3.15 bits per heavy atom. The lowest BCUT2D eigenvalue weighted by Crippen LogP contribution is -2.11. The summed E-state index contributed by atoms with van der Waals surface area (Å²) < 4.78 is 12.7. The van der Waals surface area contributed by atoms with Crippen LogP contribution in [0.1, 0.15) is 42.8 Å². The zero-order chi connectivity index (χ0) is 13.5. The number of furan rings is 1. The van der Waals surface area contributed by atoms with Gasteiger partial charge in [0.05, 0.1) is 12.2 Å². The highest BCUT2D eigenvalue weighted by atomic mass is 16.5. The summed E-state index contributed by atoms with van der Waals surface area (Å²) in [6.07, 6.45) is 6.46. The summed E-state index contributed by atoms with van der Waals surface area (Å²) in [5.41, 5.74) is 0. The van der Waals surface area contributed by atoms with Crippen LogP contribution in [0.25, 0.3) is 0 Å². The summed E-state index contributed by atoms with van der Waals surface area (Å²) in [6.45, 7) is 0.205. The molecule has 2 aliphatic rings. The van der Waals surface area contributed by atoms with Crippen molar-refractivity contribution in [2.45, 2.75) is 37.8 Å². The van der Waals surface area contributed by atoms with Crippen molar-refractivity contribution in [2.24, 2.45) is 5.92 Å². The summed E-state index contributed by atoms with van der Waals surface area (Å²) in [5.74, 6) is 1.54. The van der Waals surface area contributed by atoms with E-state index in [1.54, 1.807) is 12.6 Å². The molecule has 0 amide bonds. The highest BCUT2D eigenvalue weighted by Crippen LogP contribution is 2.48. The summed E-state index contributed by atoms with van der Waals surface area (Å²) >= 11 is 0. The van der Waals surface area contributed by atoms with E-state index >= 15 is 0 Å². The third kappa shape index (κ3) is 2.11. The van der Waals surface area contributed by atoms with Gasteiger partial charge in [-0.1, -0.05) is 0 Å². The van der Waals surface area contributed by atoms with Gasteiger partial charge < -0.3 is 13.7 Å². The van der Waals surface area contributed by atoms with Crippen molar-refractivity contribution in [3.8, 4) is 0 Å². The molecule has 2 fully saturated rings. The maximum atomic E-state index is 12.0. The third-order valence-electron chi connectivity index (χ3n) is 3.93. The van der Waals surface area contributed by atoms with Crippen LogP contribution >= 0.6 is 0 Å². The van der Waals surface area contributed by atoms with Gasteiger partial charge in [0.25, 0.3) is 0 Å². The van der Waals surface area contributed by atoms with Crippen LogP contribution < -0.4 is 0 Å². The van der Waals surface area contributed by atoms with Crippen molar-refractivity contribution in [1.82, 2.24) is 14.8 Å². The molecule has 2 aromatic rings. The molecule has 0 spiro atoms. The fourth-order valence-corrected chi connectivity index (χ4v) is 2.54. The number of nitrogens with zero attached hydrogens (tertiary/aromatic N) is 3. The topological polar surface area (TPSA) is 70.2 Å². The number of carbonyl (C=O) groups is 1. The molecule has 2 aromatic heterocycles. The van der Waals surface area contributed by atoms with Crippen molar-refractivity contribution >= 4 is 5.97 Å². The van der Waals surface area contributed by atoms with Crippen LogP contribution in [0.2, 0.25) is 0 Å². The van der Waals surface area contributed by atoms with Crippen molar-refractivity contribution in [3.63, 3.8) is 0 Å². The molecule has 0 saturated heterocycles. The van der Waals surface area contributed by atoms with E-state index in [9.17, 15) is 4.79 Å². The van der Waals surface area contributed by atoms with E-state index in [2.05, 4.69) is 10.2 Å². The Morgan fingerprint density at radius 1 is 1.50 bits per heavy atom. The number of rotatable bonds is 5. The van der Waals surface area contributed by atoms with Gasteiger partial charge in [-0.15, -0.1) is 10.2 Å². The SMILES string of the molecule is O=C(OCc1nncn1C1CC1)[C@@H]1C[C@@H]1c1ccco1. The third-order valence-corrected chi connectivity index (χ3v) is 3.93. The largest absolute Gasteiger partial charge is 0.469 e. The Morgan fingerprint density at radius 2 is 2.40 bits per heavy atom. The molecule has 0 aromatic carbocycles. The molecule has 6 heteroatoms. The molecule has 0 aliphatic heterocycles. The quantitative estimate of drug-likeness (QED) is 0.780. The Labute approximate surface area is 115 Å². The summed E-state index contributed by atoms with van der Waals surface area (Å²) in [7, 11) is 0. The van der Waals surface area contributed by atoms with Crippen molar-refractivity contribution in [1.29, 1.82) is 0 Å². The van der Waals surface area contributed by atoms with Gasteiger partial charge in [0.15, 0.2) is 12.4 Å². The van der Waals surface area contributed by atoms with Gasteiger partial charge in [0, 0.05) is 12.0 Å². The van der Waals surface area contributed by atoms with Crippen molar-refractivity contribution in [3.05, 3.63) is 36.3 Å². The summed E-state index contributed by atoms with van der Waals surface area (Å²) in [6, 6.07) is 4.24. The first kappa shape index (κ1) is 11.7. The van der Waals surface area contributed by atoms with Crippen LogP contribution in [0.4, 0.5) is 0 Å². The molecule has 2 heterocycles. The van der Waals surface area contributed by atoms with Gasteiger partial charge in [-0.3, -0.25) is 4.79 Å². The van der Waals surface area contributed by atoms with E-state index in [0.717, 1.165) is 30.8 Å². The number of hydrogen-bond acceptors (Lipinski definition) is 5. The molecule has 6 nitrogen and oxygen atoms in total. The lowest BCUT2D eigenvalue weighted by molar-refractivity contribution is -0.147. The van der Waals surface area contributed by atoms with Gasteiger partial charge in [0.1, 0.15) is 12.1 Å². The van der Waals surface area contributed by atoms with Gasteiger partial charge in [0.2, 0.25) is 0 Å². The number of ether oxygens (including phenoxy) is 1. The molecule has 0 N–H and O–H groups in total. The molecule has 2 saturated carbocycles. The minimum Gasteiger partial charge on any atom is -0.469 e. The van der Waals surface area contributed by atoms with Crippen LogP contribution in [-0.2, 0) is 16.1 Å². The Hall–Kier alpha value is -2.11. The normalized spacial score (nSPS) is 24.6. The molecular weight excluding hydrogens is 258 g/mol. The molecule has 2 aliphatic carbocycles. The fraction of sp³-hybridized carbons (Fsp3) is 0.500. The zero-order valence-electron chi connectivity index (χ0n) is 10.9. The molecule has 0 bridgehead atoms. The standard InChI is InChI=1S/C14H15N3O3/c18-14(11-6-10(11)12-2-1-5-19-12)20-7-13-16-15-8-17(13)9-3-4-9/h1-2,5,8-11H,3-4,6-7H2/t10-,11+/m0/s1. The summed E-state index contributed by atoms with van der Waals surface area (Å²) in [4.78, 5) is 12.0. The number of hydrogen-bond donors (Lipinski definition) is 0. The highest BCUT2D eigenvalue weighted by Gasteiger charge is 2.47. The smallest absolute Gasteiger partial charge is 0.310 e. The second-order valence-electron chi connectivity index (χ2n) is 5.46. The molecule has 2 atom stereocenters. The molecular formula is C14H15N3O3. The Balaban J connectivity index is 1.34. The zero-order valence-corrected chi connectivity index (χ0v) is 10.9. The first-order valence-corrected chi connectivity index (χ1v) is 6.91. The predicted molar refractivity (Wildman–Crippen MR) is 67.6 cm³/mol. The highest BCUT2D eigenvalue weighted by molar-refractivity contribution is 5.77. The lowest BCUT2D eigenvalue weighted by atomic mass is 10.2. The molecule has 0 radical (unpaired) electrons. The van der Waals surface area contributed by atoms with Crippen LogP contribution in [0.3, 0.4) is 0 Å². The first-order valence-electron chi connectivity index (χ1n) is 6.91. The number of aromatic nitrogens is 3. The van der Waals surface area contributed by atoms with Gasteiger partial charge in [-0.05, 0) is 31.4 Å². The van der Waals surface area contributed by atoms with E-state index in [4.69, 9.17) is 9.15 Å². The minimum atomic E-state index is -0.170. The predicted octanol–water partition coefficient (Wildman–Crippen LogP) is 2.05. The Kier molecular flexibility index (Phi) is 2.61. The van der Waals surface area contributed by atoms with Gasteiger partial charge in [-0.2, -0.15) is 0 Å². The number of carbonyl (C=O) groups excluding carboxylic acids is 1. The molecule has 4 rings (SSSR count). The van der Waals surface area contributed by atoms with E-state index in [-0.39, 0.29) is 24.4 Å². The minimum absolute atomic E-state index is 0.0709. The second-order valence-corrected chi connectivity index (χ2v) is 5.46. The van der Waals surface area contributed by atoms with Gasteiger partial charge >= 0.3 is 5.97 Å². The van der Waals surface area contributed by atoms with Crippen LogP contribution in [0.15, 0.2) is 29.1 Å². The van der Waals surface area contributed by atoms with E-state index in [0.29, 0.717) is 6.04 Å². The second kappa shape index (κ2) is 4.47. The van der Waals surface area contributed by atoms with E-state index < -0.39 is 0 Å². The van der Waals surface area contributed by atoms with E-state index in [1.165, 1.54) is 0 Å². The lowest BCUT2D eigenvalue weighted by Gasteiger charge is -2.05. The van der Waals surface area contributed by atoms with Crippen molar-refractivity contribution in [2.75, 3.05) is 0 Å². The molecule has 0 unspecified atom stereocenters. The average molecular weight is 273 g/mol. The monoisotopic (exact) mass is 273 g/mol. The van der Waals surface area contributed by atoms with Crippen LogP contribution in [-0.4, -0.2) is 20.7 Å². The van der Waals surface area contributed by atoms with Crippen LogP contribution in [0.5, 0.6) is 0 Å². The number of esters is 1. The maximum absolute atomic E-state index is 12.0. The molecule has 104 valence electrons. The van der Waals surface area contributed by atoms with Crippen LogP contribution in [0, 0.1) is 5.92 Å². The van der Waals surface area contributed by atoms with Gasteiger partial charge in [-0.25, -0.2) is 0 Å².